The smallest absolute Gasteiger partial charge is 0.274 e. The molecule has 0 aliphatic carbocycles. The third-order valence-corrected chi connectivity index (χ3v) is 4.24. The number of aryl methyl sites for hydroxylation is 1. The molecule has 0 saturated heterocycles. The zero-order chi connectivity index (χ0) is 20.2. The summed E-state index contributed by atoms with van der Waals surface area (Å²) in [5.41, 5.74) is 2.89. The maximum absolute atomic E-state index is 12.8. The zero-order valence-electron chi connectivity index (χ0n) is 15.5. The SMILES string of the molecule is Cc1nc(Nc2ccc(C#N)cc2)cc(C(=O)Nc2cccc3cccnc23)n1. The van der Waals surface area contributed by atoms with Crippen LogP contribution in [0.15, 0.2) is 66.9 Å². The number of anilines is 3. The third kappa shape index (κ3) is 4.01. The lowest BCUT2D eigenvalue weighted by Gasteiger charge is -2.10. The molecule has 0 unspecified atom stereocenters. The Morgan fingerprint density at radius 2 is 1.83 bits per heavy atom. The van der Waals surface area contributed by atoms with Gasteiger partial charge in [-0.25, -0.2) is 9.97 Å². The molecule has 0 spiro atoms. The molecule has 7 nitrogen and oxygen atoms in total. The monoisotopic (exact) mass is 380 g/mol. The number of carbonyl (C=O) groups excluding carboxylic acids is 1. The number of nitriles is 1. The molecule has 4 aromatic rings. The summed E-state index contributed by atoms with van der Waals surface area (Å²) < 4.78 is 0. The number of hydrogen-bond donors (Lipinski definition) is 2. The van der Waals surface area contributed by atoms with E-state index < -0.39 is 0 Å². The number of rotatable bonds is 4. The lowest BCUT2D eigenvalue weighted by molar-refractivity contribution is 0.102. The van der Waals surface area contributed by atoms with Gasteiger partial charge in [-0.2, -0.15) is 5.26 Å². The van der Waals surface area contributed by atoms with Gasteiger partial charge in [0.15, 0.2) is 0 Å². The van der Waals surface area contributed by atoms with Crippen molar-refractivity contribution in [2.45, 2.75) is 6.92 Å². The van der Waals surface area contributed by atoms with Crippen LogP contribution in [0.4, 0.5) is 17.2 Å². The molecular weight excluding hydrogens is 364 g/mol. The Morgan fingerprint density at radius 1 is 1.03 bits per heavy atom. The first-order valence-electron chi connectivity index (χ1n) is 8.90. The lowest BCUT2D eigenvalue weighted by Crippen LogP contribution is -2.15. The number of fused-ring (bicyclic) bond motifs is 1. The molecule has 2 heterocycles. The van der Waals surface area contributed by atoms with E-state index in [1.54, 1.807) is 49.5 Å². The number of nitrogens with one attached hydrogen (secondary N) is 2. The minimum absolute atomic E-state index is 0.238. The largest absolute Gasteiger partial charge is 0.340 e. The second kappa shape index (κ2) is 7.74. The summed E-state index contributed by atoms with van der Waals surface area (Å²) in [6, 6.07) is 20.0. The third-order valence-electron chi connectivity index (χ3n) is 4.24. The number of pyridine rings is 1. The van der Waals surface area contributed by atoms with Crippen molar-refractivity contribution in [1.82, 2.24) is 15.0 Å². The molecule has 0 atom stereocenters. The standard InChI is InChI=1S/C22H16N6O/c1-14-25-19(12-20(26-14)27-17-9-7-15(13-23)8-10-17)22(29)28-18-6-2-4-16-5-3-11-24-21(16)18/h2-12H,1H3,(H,28,29)(H,25,26,27). The van der Waals surface area contributed by atoms with E-state index >= 15 is 0 Å². The summed E-state index contributed by atoms with van der Waals surface area (Å²) in [4.78, 5) is 25.7. The van der Waals surface area contributed by atoms with Crippen LogP contribution < -0.4 is 10.6 Å². The van der Waals surface area contributed by atoms with Gasteiger partial charge in [0.25, 0.3) is 5.91 Å². The number of amides is 1. The van der Waals surface area contributed by atoms with Crippen molar-refractivity contribution in [3.05, 3.63) is 83.9 Å². The second-order valence-corrected chi connectivity index (χ2v) is 6.33. The highest BCUT2D eigenvalue weighted by molar-refractivity contribution is 6.07. The van der Waals surface area contributed by atoms with Crippen LogP contribution in [0.25, 0.3) is 10.9 Å². The molecule has 7 heteroatoms. The first-order valence-corrected chi connectivity index (χ1v) is 8.90. The van der Waals surface area contributed by atoms with Crippen LogP contribution in [0, 0.1) is 18.3 Å². The summed E-state index contributed by atoms with van der Waals surface area (Å²) in [6.45, 7) is 1.72. The maximum Gasteiger partial charge on any atom is 0.274 e. The average Bonchev–Trinajstić information content (AvgIpc) is 2.74. The summed E-state index contributed by atoms with van der Waals surface area (Å²) in [7, 11) is 0. The van der Waals surface area contributed by atoms with Crippen LogP contribution in [0.2, 0.25) is 0 Å². The topological polar surface area (TPSA) is 104 Å². The van der Waals surface area contributed by atoms with Gasteiger partial charge in [-0.15, -0.1) is 0 Å². The molecule has 140 valence electrons. The van der Waals surface area contributed by atoms with E-state index in [0.29, 0.717) is 28.4 Å². The van der Waals surface area contributed by atoms with Gasteiger partial charge in [0.05, 0.1) is 22.8 Å². The molecule has 2 aromatic carbocycles. The van der Waals surface area contributed by atoms with Crippen molar-refractivity contribution in [2.75, 3.05) is 10.6 Å². The zero-order valence-corrected chi connectivity index (χ0v) is 15.5. The molecule has 1 amide bonds. The highest BCUT2D eigenvalue weighted by Gasteiger charge is 2.13. The lowest BCUT2D eigenvalue weighted by atomic mass is 10.2. The van der Waals surface area contributed by atoms with Gasteiger partial charge in [-0.1, -0.05) is 18.2 Å². The molecule has 29 heavy (non-hydrogen) atoms. The van der Waals surface area contributed by atoms with Crippen LogP contribution in [-0.4, -0.2) is 20.9 Å². The fourth-order valence-electron chi connectivity index (χ4n) is 2.92. The van der Waals surface area contributed by atoms with Gasteiger partial charge in [0.2, 0.25) is 0 Å². The average molecular weight is 380 g/mol. The van der Waals surface area contributed by atoms with Crippen molar-refractivity contribution in [2.24, 2.45) is 0 Å². The molecule has 0 aliphatic rings. The molecule has 2 N–H and O–H groups in total. The summed E-state index contributed by atoms with van der Waals surface area (Å²) >= 11 is 0. The number of carbonyl (C=O) groups is 1. The van der Waals surface area contributed by atoms with E-state index in [9.17, 15) is 4.79 Å². The van der Waals surface area contributed by atoms with Gasteiger partial charge in [0, 0.05) is 23.3 Å². The minimum atomic E-state index is -0.350. The van der Waals surface area contributed by atoms with E-state index in [2.05, 4.69) is 31.7 Å². The predicted molar refractivity (Wildman–Crippen MR) is 111 cm³/mol. The van der Waals surface area contributed by atoms with Crippen LogP contribution >= 0.6 is 0 Å². The van der Waals surface area contributed by atoms with Crippen molar-refractivity contribution < 1.29 is 4.79 Å². The van der Waals surface area contributed by atoms with Gasteiger partial charge in [0.1, 0.15) is 17.3 Å². The molecule has 0 radical (unpaired) electrons. The van der Waals surface area contributed by atoms with Gasteiger partial charge in [-0.05, 0) is 43.3 Å². The Balaban J connectivity index is 1.59. The van der Waals surface area contributed by atoms with E-state index in [1.165, 1.54) is 0 Å². The molecule has 0 fully saturated rings. The minimum Gasteiger partial charge on any atom is -0.340 e. The highest BCUT2D eigenvalue weighted by Crippen LogP contribution is 2.22. The van der Waals surface area contributed by atoms with Crippen LogP contribution in [0.3, 0.4) is 0 Å². The Hall–Kier alpha value is -4.31. The fourth-order valence-corrected chi connectivity index (χ4v) is 2.92. The second-order valence-electron chi connectivity index (χ2n) is 6.33. The Labute approximate surface area is 167 Å². The Kier molecular flexibility index (Phi) is 4.82. The van der Waals surface area contributed by atoms with Crippen molar-refractivity contribution in [3.8, 4) is 6.07 Å². The summed E-state index contributed by atoms with van der Waals surface area (Å²) in [5, 5.41) is 15.8. The maximum atomic E-state index is 12.8. The van der Waals surface area contributed by atoms with E-state index in [1.807, 2.05) is 24.3 Å². The van der Waals surface area contributed by atoms with Gasteiger partial charge >= 0.3 is 0 Å². The van der Waals surface area contributed by atoms with Crippen LogP contribution in [-0.2, 0) is 0 Å². The summed E-state index contributed by atoms with van der Waals surface area (Å²) in [6.07, 6.45) is 1.69. The Morgan fingerprint density at radius 3 is 2.62 bits per heavy atom. The molecule has 2 aromatic heterocycles. The first kappa shape index (κ1) is 18.1. The molecule has 4 rings (SSSR count). The molecular formula is C22H16N6O. The number of nitrogens with zero attached hydrogens (tertiary/aromatic N) is 4. The van der Waals surface area contributed by atoms with Gasteiger partial charge < -0.3 is 10.6 Å². The number of para-hydroxylation sites is 1. The van der Waals surface area contributed by atoms with Crippen LogP contribution in [0.1, 0.15) is 21.9 Å². The fraction of sp³-hybridized carbons (Fsp3) is 0.0455. The molecule has 0 saturated carbocycles. The molecule has 0 aliphatic heterocycles. The summed E-state index contributed by atoms with van der Waals surface area (Å²) in [5.74, 6) is 0.602. The highest BCUT2D eigenvalue weighted by atomic mass is 16.1. The number of aromatic nitrogens is 3. The quantitative estimate of drug-likeness (QED) is 0.550. The van der Waals surface area contributed by atoms with Crippen molar-refractivity contribution in [3.63, 3.8) is 0 Å². The van der Waals surface area contributed by atoms with Crippen molar-refractivity contribution in [1.29, 1.82) is 5.26 Å². The van der Waals surface area contributed by atoms with Crippen LogP contribution in [0.5, 0.6) is 0 Å². The number of benzene rings is 2. The van der Waals surface area contributed by atoms with Crippen molar-refractivity contribution >= 4 is 34.0 Å². The first-order chi connectivity index (χ1) is 14.1. The Bertz CT molecular complexity index is 1240. The normalized spacial score (nSPS) is 10.3. The van der Waals surface area contributed by atoms with E-state index in [4.69, 9.17) is 5.26 Å². The van der Waals surface area contributed by atoms with E-state index in [-0.39, 0.29) is 11.6 Å². The van der Waals surface area contributed by atoms with Gasteiger partial charge in [-0.3, -0.25) is 9.78 Å². The predicted octanol–water partition coefficient (Wildman–Crippen LogP) is 4.20. The van der Waals surface area contributed by atoms with E-state index in [0.717, 1.165) is 11.1 Å². The molecule has 0 bridgehead atoms. The number of hydrogen-bond acceptors (Lipinski definition) is 6.